The number of nitrogens with two attached hydrogens (primary N) is 1. The number of ether oxygens (including phenoxy) is 1. The number of rotatable bonds is 3. The molecule has 0 radical (unpaired) electrons. The van der Waals surface area contributed by atoms with Gasteiger partial charge in [0.15, 0.2) is 6.61 Å². The van der Waals surface area contributed by atoms with Crippen molar-refractivity contribution in [1.29, 1.82) is 0 Å². The van der Waals surface area contributed by atoms with Crippen molar-refractivity contribution in [3.05, 3.63) is 28.8 Å². The predicted molar refractivity (Wildman–Crippen MR) is 72.1 cm³/mol. The van der Waals surface area contributed by atoms with Crippen LogP contribution in [0.3, 0.4) is 0 Å². The van der Waals surface area contributed by atoms with E-state index in [9.17, 15) is 14.4 Å². The van der Waals surface area contributed by atoms with Crippen LogP contribution >= 0.6 is 11.6 Å². The molecule has 0 aromatic heterocycles. The van der Waals surface area contributed by atoms with E-state index in [0.29, 0.717) is 24.4 Å². The van der Waals surface area contributed by atoms with Crippen LogP contribution in [0.25, 0.3) is 0 Å². The molecule has 2 amide bonds. The summed E-state index contributed by atoms with van der Waals surface area (Å²) in [6, 6.07) is 4.39. The van der Waals surface area contributed by atoms with Crippen molar-refractivity contribution in [2.45, 2.75) is 12.8 Å². The standard InChI is InChI=1S/C13H13ClN2O4/c14-8-3-4-10(15)9(6-8)13(19)20-7-12(18)16-5-1-2-11(16)17/h3-4,6H,1-2,5,7,15H2. The zero-order valence-electron chi connectivity index (χ0n) is 10.6. The third kappa shape index (κ3) is 3.08. The van der Waals surface area contributed by atoms with E-state index in [2.05, 4.69) is 0 Å². The van der Waals surface area contributed by atoms with Crippen molar-refractivity contribution in [3.63, 3.8) is 0 Å². The maximum Gasteiger partial charge on any atom is 0.340 e. The summed E-state index contributed by atoms with van der Waals surface area (Å²) in [5, 5.41) is 0.340. The zero-order chi connectivity index (χ0) is 14.7. The van der Waals surface area contributed by atoms with Gasteiger partial charge in [-0.25, -0.2) is 4.79 Å². The molecule has 7 heteroatoms. The van der Waals surface area contributed by atoms with Crippen LogP contribution in [0.5, 0.6) is 0 Å². The number of nitrogen functional groups attached to an aromatic ring is 1. The lowest BCUT2D eigenvalue weighted by atomic mass is 10.2. The Morgan fingerprint density at radius 3 is 2.80 bits per heavy atom. The van der Waals surface area contributed by atoms with Gasteiger partial charge in [-0.3, -0.25) is 14.5 Å². The van der Waals surface area contributed by atoms with Gasteiger partial charge in [0.1, 0.15) is 0 Å². The number of hydrogen-bond donors (Lipinski definition) is 1. The zero-order valence-corrected chi connectivity index (χ0v) is 11.4. The van der Waals surface area contributed by atoms with Gasteiger partial charge in [0, 0.05) is 23.7 Å². The predicted octanol–water partition coefficient (Wildman–Crippen LogP) is 1.23. The second kappa shape index (κ2) is 5.92. The molecule has 0 unspecified atom stereocenters. The van der Waals surface area contributed by atoms with E-state index in [1.54, 1.807) is 6.07 Å². The topological polar surface area (TPSA) is 89.7 Å². The van der Waals surface area contributed by atoms with Crippen molar-refractivity contribution in [3.8, 4) is 0 Å². The Kier molecular flexibility index (Phi) is 4.24. The molecular formula is C13H13ClN2O4. The Labute approximate surface area is 120 Å². The first-order valence-electron chi connectivity index (χ1n) is 6.04. The van der Waals surface area contributed by atoms with E-state index >= 15 is 0 Å². The van der Waals surface area contributed by atoms with Crippen molar-refractivity contribution in [2.24, 2.45) is 0 Å². The molecule has 1 aromatic carbocycles. The molecule has 1 fully saturated rings. The second-order valence-corrected chi connectivity index (χ2v) is 4.79. The molecule has 0 atom stereocenters. The van der Waals surface area contributed by atoms with Crippen LogP contribution in [0.1, 0.15) is 23.2 Å². The summed E-state index contributed by atoms with van der Waals surface area (Å²) in [4.78, 5) is 36.0. The number of carbonyl (C=O) groups is 3. The molecule has 20 heavy (non-hydrogen) atoms. The average molecular weight is 297 g/mol. The number of carbonyl (C=O) groups excluding carboxylic acids is 3. The van der Waals surface area contributed by atoms with Crippen LogP contribution in [0.2, 0.25) is 5.02 Å². The molecule has 1 aliphatic rings. The summed E-state index contributed by atoms with van der Waals surface area (Å²) in [7, 11) is 0. The number of anilines is 1. The molecule has 2 N–H and O–H groups in total. The Bertz CT molecular complexity index is 573. The minimum atomic E-state index is -0.745. The number of amides is 2. The smallest absolute Gasteiger partial charge is 0.340 e. The first kappa shape index (κ1) is 14.3. The van der Waals surface area contributed by atoms with Crippen LogP contribution in [0, 0.1) is 0 Å². The maximum atomic E-state index is 11.8. The third-order valence-corrected chi connectivity index (χ3v) is 3.17. The molecular weight excluding hydrogens is 284 g/mol. The minimum absolute atomic E-state index is 0.0954. The Morgan fingerprint density at radius 2 is 2.15 bits per heavy atom. The molecule has 0 saturated carbocycles. The normalized spacial score (nSPS) is 14.4. The molecule has 106 valence electrons. The first-order chi connectivity index (χ1) is 9.49. The number of benzene rings is 1. The fraction of sp³-hybridized carbons (Fsp3) is 0.308. The first-order valence-corrected chi connectivity index (χ1v) is 6.42. The summed E-state index contributed by atoms with van der Waals surface area (Å²) < 4.78 is 4.87. The van der Waals surface area contributed by atoms with Crippen molar-refractivity contribution < 1.29 is 19.1 Å². The highest BCUT2D eigenvalue weighted by atomic mass is 35.5. The van der Waals surface area contributed by atoms with Gasteiger partial charge in [0.25, 0.3) is 5.91 Å². The monoisotopic (exact) mass is 296 g/mol. The molecule has 1 aromatic rings. The fourth-order valence-corrected chi connectivity index (χ4v) is 2.07. The van der Waals surface area contributed by atoms with Crippen LogP contribution in [-0.4, -0.2) is 35.8 Å². The van der Waals surface area contributed by atoms with E-state index in [-0.39, 0.29) is 17.2 Å². The van der Waals surface area contributed by atoms with Crippen molar-refractivity contribution in [2.75, 3.05) is 18.9 Å². The summed E-state index contributed by atoms with van der Waals surface area (Å²) in [5.41, 5.74) is 5.94. The van der Waals surface area contributed by atoms with Gasteiger partial charge < -0.3 is 10.5 Å². The van der Waals surface area contributed by atoms with Crippen LogP contribution in [-0.2, 0) is 14.3 Å². The van der Waals surface area contributed by atoms with Gasteiger partial charge in [0.05, 0.1) is 5.56 Å². The lowest BCUT2D eigenvalue weighted by Gasteiger charge is -2.13. The largest absolute Gasteiger partial charge is 0.452 e. The number of esters is 1. The van der Waals surface area contributed by atoms with E-state index in [1.165, 1.54) is 12.1 Å². The lowest BCUT2D eigenvalue weighted by Crippen LogP contribution is -2.35. The van der Waals surface area contributed by atoms with Gasteiger partial charge in [0.2, 0.25) is 5.91 Å². The van der Waals surface area contributed by atoms with Gasteiger partial charge in [-0.1, -0.05) is 11.6 Å². The number of hydrogen-bond acceptors (Lipinski definition) is 5. The second-order valence-electron chi connectivity index (χ2n) is 4.35. The number of imide groups is 1. The highest BCUT2D eigenvalue weighted by molar-refractivity contribution is 6.31. The molecule has 2 rings (SSSR count). The number of halogens is 1. The molecule has 1 heterocycles. The number of nitrogens with zero attached hydrogens (tertiary/aromatic N) is 1. The summed E-state index contributed by atoms with van der Waals surface area (Å²) in [5.74, 6) is -1.51. The Morgan fingerprint density at radius 1 is 1.40 bits per heavy atom. The molecule has 0 bridgehead atoms. The minimum Gasteiger partial charge on any atom is -0.452 e. The Balaban J connectivity index is 1.97. The molecule has 0 spiro atoms. The quantitative estimate of drug-likeness (QED) is 0.669. The fourth-order valence-electron chi connectivity index (χ4n) is 1.90. The molecule has 1 saturated heterocycles. The van der Waals surface area contributed by atoms with Crippen molar-refractivity contribution >= 4 is 35.1 Å². The van der Waals surface area contributed by atoms with E-state index < -0.39 is 18.5 Å². The molecule has 1 aliphatic heterocycles. The Hall–Kier alpha value is -2.08. The summed E-state index contributed by atoms with van der Waals surface area (Å²) >= 11 is 5.76. The number of likely N-dealkylation sites (tertiary alicyclic amines) is 1. The highest BCUT2D eigenvalue weighted by Gasteiger charge is 2.27. The SMILES string of the molecule is Nc1ccc(Cl)cc1C(=O)OCC(=O)N1CCCC1=O. The van der Waals surface area contributed by atoms with E-state index in [1.807, 2.05) is 0 Å². The molecule has 0 aliphatic carbocycles. The average Bonchev–Trinajstić information content (AvgIpc) is 2.84. The molecule has 6 nitrogen and oxygen atoms in total. The summed E-state index contributed by atoms with van der Waals surface area (Å²) in [6.07, 6.45) is 0.987. The van der Waals surface area contributed by atoms with Crippen LogP contribution < -0.4 is 5.73 Å². The van der Waals surface area contributed by atoms with Gasteiger partial charge in [-0.15, -0.1) is 0 Å². The van der Waals surface area contributed by atoms with Gasteiger partial charge in [-0.05, 0) is 24.6 Å². The lowest BCUT2D eigenvalue weighted by molar-refractivity contribution is -0.143. The highest BCUT2D eigenvalue weighted by Crippen LogP contribution is 2.19. The van der Waals surface area contributed by atoms with E-state index in [4.69, 9.17) is 22.1 Å². The van der Waals surface area contributed by atoms with Crippen molar-refractivity contribution in [1.82, 2.24) is 4.90 Å². The third-order valence-electron chi connectivity index (χ3n) is 2.94. The summed E-state index contributed by atoms with van der Waals surface area (Å²) in [6.45, 7) is -0.120. The van der Waals surface area contributed by atoms with Gasteiger partial charge in [-0.2, -0.15) is 0 Å². The van der Waals surface area contributed by atoms with Crippen LogP contribution in [0.4, 0.5) is 5.69 Å². The van der Waals surface area contributed by atoms with Crippen LogP contribution in [0.15, 0.2) is 18.2 Å². The van der Waals surface area contributed by atoms with Gasteiger partial charge >= 0.3 is 5.97 Å². The van der Waals surface area contributed by atoms with E-state index in [0.717, 1.165) is 4.90 Å². The maximum absolute atomic E-state index is 11.8.